The maximum Gasteiger partial charge on any atom is 0.438 e. The van der Waals surface area contributed by atoms with Crippen molar-refractivity contribution < 1.29 is 91.8 Å². The Morgan fingerprint density at radius 2 is 1.04 bits per heavy atom. The van der Waals surface area contributed by atoms with Crippen LogP contribution in [0.1, 0.15) is 11.1 Å². The SMILES string of the molecule is O=S(=O)(Oc1ccc([SH+]c2ccccc2)cc1)c1cc(C(F)(F)F)cc(C(F)(F)F)c1.O=S(=O)([O-])C(F)(F)C(F)(F)OC(F)(F)C(F)(F)I. The molecule has 0 unspecified atom stereocenters. The van der Waals surface area contributed by atoms with Gasteiger partial charge >= 0.3 is 43.9 Å². The van der Waals surface area contributed by atoms with Gasteiger partial charge in [0.2, 0.25) is 0 Å². The zero-order valence-electron chi connectivity index (χ0n) is 22.7. The van der Waals surface area contributed by atoms with Crippen molar-refractivity contribution in [3.63, 3.8) is 0 Å². The van der Waals surface area contributed by atoms with Gasteiger partial charge in [-0.3, -0.25) is 0 Å². The lowest BCUT2D eigenvalue weighted by molar-refractivity contribution is -0.438. The summed E-state index contributed by atoms with van der Waals surface area (Å²) >= 11 is 0.408. The lowest BCUT2D eigenvalue weighted by Crippen LogP contribution is -2.54. The van der Waals surface area contributed by atoms with Crippen molar-refractivity contribution in [1.82, 2.24) is 0 Å². The number of benzene rings is 3. The standard InChI is InChI=1S/C20H12F6O3S2.C4HF8IO4S/c21-19(22,23)13-10-14(20(24,25)26)12-18(11-13)31(27,28)29-15-6-8-17(9-7-15)30-16-4-2-1-3-5-16;5-1(6,13)2(7,8)17-3(9,10)4(11,12)18(14,15)16/h1-12H;(H,14,15,16). The van der Waals surface area contributed by atoms with Crippen LogP contribution in [0.5, 0.6) is 5.75 Å². The topological polar surface area (TPSA) is 110 Å². The van der Waals surface area contributed by atoms with Gasteiger partial charge in [-0.1, -0.05) is 18.2 Å². The predicted molar refractivity (Wildman–Crippen MR) is 147 cm³/mol. The summed E-state index contributed by atoms with van der Waals surface area (Å²) in [4.78, 5) is 0.489. The molecule has 25 heteroatoms. The molecule has 0 atom stereocenters. The van der Waals surface area contributed by atoms with Crippen molar-refractivity contribution in [2.45, 2.75) is 48.4 Å². The molecule has 7 nitrogen and oxygen atoms in total. The number of rotatable bonds is 10. The van der Waals surface area contributed by atoms with E-state index < -0.39 is 92.6 Å². The van der Waals surface area contributed by atoms with E-state index in [1.165, 1.54) is 24.3 Å². The van der Waals surface area contributed by atoms with Gasteiger partial charge in [-0.15, -0.1) is 0 Å². The van der Waals surface area contributed by atoms with Crippen LogP contribution in [0.25, 0.3) is 0 Å². The van der Waals surface area contributed by atoms with E-state index in [0.717, 1.165) is 21.6 Å². The molecule has 0 heterocycles. The van der Waals surface area contributed by atoms with Crippen LogP contribution in [0.3, 0.4) is 0 Å². The van der Waals surface area contributed by atoms with Crippen LogP contribution in [-0.4, -0.2) is 42.8 Å². The van der Waals surface area contributed by atoms with E-state index in [1.54, 1.807) is 0 Å². The second-order valence-electron chi connectivity index (χ2n) is 8.82. The fourth-order valence-corrected chi connectivity index (χ4v) is 5.26. The van der Waals surface area contributed by atoms with Crippen molar-refractivity contribution >= 4 is 54.6 Å². The second-order valence-corrected chi connectivity index (χ2v) is 14.4. The van der Waals surface area contributed by atoms with Crippen molar-refractivity contribution in [3.8, 4) is 5.75 Å². The van der Waals surface area contributed by atoms with Crippen LogP contribution in [0, 0.1) is 0 Å². The molecule has 3 aromatic carbocycles. The minimum absolute atomic E-state index is 0.104. The van der Waals surface area contributed by atoms with Gasteiger partial charge < -0.3 is 8.74 Å². The van der Waals surface area contributed by atoms with E-state index in [9.17, 15) is 82.9 Å². The normalized spacial score (nSPS) is 13.8. The van der Waals surface area contributed by atoms with Crippen LogP contribution >= 0.6 is 22.6 Å². The Bertz CT molecular complexity index is 1780. The Hall–Kier alpha value is -2.62. The van der Waals surface area contributed by atoms with Gasteiger partial charge in [0.05, 0.1) is 11.1 Å². The van der Waals surface area contributed by atoms with E-state index in [1.807, 2.05) is 35.1 Å². The molecule has 3 aromatic rings. The molecule has 0 spiro atoms. The molecule has 0 aliphatic rings. The van der Waals surface area contributed by atoms with Gasteiger partial charge in [-0.2, -0.15) is 69.9 Å². The fourth-order valence-electron chi connectivity index (χ4n) is 2.90. The van der Waals surface area contributed by atoms with Gasteiger partial charge in [0, 0.05) is 34.4 Å². The summed E-state index contributed by atoms with van der Waals surface area (Å²) in [6.07, 6.45) is -23.1. The molecule has 274 valence electrons. The summed E-state index contributed by atoms with van der Waals surface area (Å²) in [7, 11) is -12.1. The Morgan fingerprint density at radius 3 is 1.43 bits per heavy atom. The lowest BCUT2D eigenvalue weighted by atomic mass is 10.1. The first-order chi connectivity index (χ1) is 21.8. The van der Waals surface area contributed by atoms with Crippen LogP contribution in [0.4, 0.5) is 61.5 Å². The van der Waals surface area contributed by atoms with E-state index in [4.69, 9.17) is 4.18 Å². The number of hydrogen-bond donors (Lipinski definition) is 0. The average Bonchev–Trinajstić information content (AvgIpc) is 2.92. The first kappa shape index (κ1) is 42.5. The number of thiol groups is 1. The van der Waals surface area contributed by atoms with Gasteiger partial charge in [-0.05, 0) is 54.6 Å². The molecule has 0 fully saturated rings. The largest absolute Gasteiger partial charge is 0.743 e. The highest BCUT2D eigenvalue weighted by atomic mass is 127. The number of halogens is 15. The van der Waals surface area contributed by atoms with Crippen molar-refractivity contribution in [3.05, 3.63) is 83.9 Å². The van der Waals surface area contributed by atoms with Crippen LogP contribution in [-0.2, 0) is 49.1 Å². The Labute approximate surface area is 283 Å². The first-order valence-corrected chi connectivity index (χ1v) is 16.6. The Kier molecular flexibility index (Phi) is 12.6. The Balaban J connectivity index is 0.000000397. The zero-order valence-corrected chi connectivity index (χ0v) is 27.4. The maximum absolute atomic E-state index is 13.0. The smallest absolute Gasteiger partial charge is 0.438 e. The summed E-state index contributed by atoms with van der Waals surface area (Å²) in [5.41, 5.74) is -3.50. The molecule has 0 bridgehead atoms. The number of alkyl halides is 15. The summed E-state index contributed by atoms with van der Waals surface area (Å²) in [5, 5.41) is -6.65. The average molecular weight is 902 g/mol. The van der Waals surface area contributed by atoms with Crippen molar-refractivity contribution in [2.75, 3.05) is 0 Å². The molecule has 0 aliphatic heterocycles. The zero-order chi connectivity index (χ0) is 38.1. The highest BCUT2D eigenvalue weighted by molar-refractivity contribution is 14.1. The van der Waals surface area contributed by atoms with Gasteiger partial charge in [-0.25, -0.2) is 13.2 Å². The summed E-state index contributed by atoms with van der Waals surface area (Å²) in [5.74, 6) is -0.252. The van der Waals surface area contributed by atoms with E-state index in [0.29, 0.717) is 0 Å². The fraction of sp³-hybridized carbons (Fsp3) is 0.250. The highest BCUT2D eigenvalue weighted by Gasteiger charge is 2.71. The third-order valence-corrected chi connectivity index (χ3v) is 8.98. The molecular formula is C24H13F14IO7S3. The summed E-state index contributed by atoms with van der Waals surface area (Å²) in [6.45, 7) is 0. The molecule has 3 rings (SSSR count). The van der Waals surface area contributed by atoms with Gasteiger partial charge in [0.1, 0.15) is 10.6 Å². The number of ether oxygens (including phenoxy) is 1. The van der Waals surface area contributed by atoms with Crippen LogP contribution < -0.4 is 4.18 Å². The molecule has 49 heavy (non-hydrogen) atoms. The van der Waals surface area contributed by atoms with Crippen LogP contribution in [0.15, 0.2) is 87.5 Å². The van der Waals surface area contributed by atoms with E-state index in [-0.39, 0.29) is 23.9 Å². The third kappa shape index (κ3) is 11.2. The van der Waals surface area contributed by atoms with Crippen molar-refractivity contribution in [1.29, 1.82) is 0 Å². The van der Waals surface area contributed by atoms with E-state index >= 15 is 0 Å². The first-order valence-electron chi connectivity index (χ1n) is 11.8. The molecule has 0 saturated carbocycles. The van der Waals surface area contributed by atoms with Gasteiger partial charge in [0.25, 0.3) is 0 Å². The maximum atomic E-state index is 13.0. The van der Waals surface area contributed by atoms with Gasteiger partial charge in [0.15, 0.2) is 19.9 Å². The third-order valence-electron chi connectivity index (χ3n) is 5.15. The molecule has 0 radical (unpaired) electrons. The minimum atomic E-state index is -7.12. The molecule has 0 aromatic heterocycles. The predicted octanol–water partition coefficient (Wildman–Crippen LogP) is 8.08. The van der Waals surface area contributed by atoms with E-state index in [2.05, 4.69) is 0 Å². The molecule has 0 N–H and O–H groups in total. The molecule has 0 amide bonds. The highest BCUT2D eigenvalue weighted by Crippen LogP contribution is 2.48. The molecule has 0 aliphatic carbocycles. The number of hydrogen-bond acceptors (Lipinski definition) is 7. The molecule has 0 saturated heterocycles. The minimum Gasteiger partial charge on any atom is -0.743 e. The second kappa shape index (κ2) is 14.5. The van der Waals surface area contributed by atoms with Crippen molar-refractivity contribution in [2.24, 2.45) is 0 Å². The summed E-state index contributed by atoms with van der Waals surface area (Å²) in [6, 6.07) is 14.9. The monoisotopic (exact) mass is 902 g/mol. The molecular weight excluding hydrogens is 889 g/mol. The van der Waals surface area contributed by atoms with Crippen LogP contribution in [0.2, 0.25) is 0 Å². The quantitative estimate of drug-likeness (QED) is 0.0385. The summed E-state index contributed by atoms with van der Waals surface area (Å²) < 4.78 is 231. The Morgan fingerprint density at radius 1 is 0.612 bits per heavy atom. The lowest BCUT2D eigenvalue weighted by Gasteiger charge is -2.31.